The number of likely N-dealkylation sites (tertiary alicyclic amines) is 1. The van der Waals surface area contributed by atoms with Crippen LogP contribution in [0, 0.1) is 12.3 Å². The molecule has 252 valence electrons. The smallest absolute Gasteiger partial charge is 0.248 e. The summed E-state index contributed by atoms with van der Waals surface area (Å²) in [5.41, 5.74) is 2.74. The number of hydrogen-bond donors (Lipinski definition) is 2. The zero-order valence-electron chi connectivity index (χ0n) is 27.1. The number of carbonyl (C=O) groups is 4. The summed E-state index contributed by atoms with van der Waals surface area (Å²) in [4.78, 5) is 68.4. The number of rotatable bonds is 4. The van der Waals surface area contributed by atoms with Crippen molar-refractivity contribution in [1.82, 2.24) is 34.9 Å². The number of Topliss-reactive ketones (excluding diaryl/α,β-unsaturated/α-hetero) is 1. The van der Waals surface area contributed by atoms with Gasteiger partial charge in [-0.25, -0.2) is 15.0 Å². The van der Waals surface area contributed by atoms with Gasteiger partial charge in [-0.05, 0) is 65.9 Å². The van der Waals surface area contributed by atoms with Gasteiger partial charge >= 0.3 is 0 Å². The Kier molecular flexibility index (Phi) is 8.84. The van der Waals surface area contributed by atoms with Crippen LogP contribution >= 0.6 is 15.9 Å². The second-order valence-electron chi connectivity index (χ2n) is 12.8. The molecule has 1 saturated heterocycles. The van der Waals surface area contributed by atoms with Crippen molar-refractivity contribution in [1.29, 1.82) is 0 Å². The number of amides is 3. The number of aromatic nitrogens is 5. The van der Waals surface area contributed by atoms with Crippen LogP contribution in [0.25, 0.3) is 22.0 Å². The molecule has 3 aromatic heterocycles. The van der Waals surface area contributed by atoms with E-state index in [1.807, 2.05) is 43.3 Å². The zero-order chi connectivity index (χ0) is 34.3. The van der Waals surface area contributed by atoms with Crippen LogP contribution < -0.4 is 10.6 Å². The van der Waals surface area contributed by atoms with Gasteiger partial charge in [-0.15, -0.1) is 0 Å². The first-order valence-corrected chi connectivity index (χ1v) is 17.0. The lowest BCUT2D eigenvalue weighted by molar-refractivity contribution is -0.138. The number of ether oxygens (including phenoxy) is 1. The predicted octanol–water partition coefficient (Wildman–Crippen LogP) is 4.14. The van der Waals surface area contributed by atoms with E-state index in [1.54, 1.807) is 23.4 Å². The van der Waals surface area contributed by atoms with Crippen LogP contribution in [0.1, 0.15) is 54.5 Å². The summed E-state index contributed by atoms with van der Waals surface area (Å²) in [7, 11) is 0. The average Bonchev–Trinajstić information content (AvgIpc) is 3.50. The molecule has 49 heavy (non-hydrogen) atoms. The third-order valence-corrected chi connectivity index (χ3v) is 9.93. The summed E-state index contributed by atoms with van der Waals surface area (Å²) in [6, 6.07) is 8.12. The van der Waals surface area contributed by atoms with Crippen molar-refractivity contribution in [3.63, 3.8) is 0 Å². The minimum absolute atomic E-state index is 0.0847. The SMILES string of the molecule is CC(=O)c1nn(CC(=O)N2C3CC34CNC(=O)CCC=CCOCc3ccc(Br)nc3NC(=O)[C@@H]2C4)c2ccc(-c3cnc(C)nc3)cc12. The second kappa shape index (κ2) is 13.2. The number of nitrogens with zero attached hydrogens (tertiary/aromatic N) is 6. The van der Waals surface area contributed by atoms with E-state index < -0.39 is 11.5 Å². The molecule has 0 radical (unpaired) electrons. The monoisotopic (exact) mass is 726 g/mol. The number of fused-ring (bicyclic) bond motifs is 3. The van der Waals surface area contributed by atoms with Gasteiger partial charge in [-0.1, -0.05) is 24.3 Å². The zero-order valence-corrected chi connectivity index (χ0v) is 28.7. The highest BCUT2D eigenvalue weighted by Crippen LogP contribution is 2.59. The van der Waals surface area contributed by atoms with E-state index in [2.05, 4.69) is 46.6 Å². The molecule has 2 aliphatic heterocycles. The first-order valence-electron chi connectivity index (χ1n) is 16.2. The van der Waals surface area contributed by atoms with Crippen LogP contribution in [0.5, 0.6) is 0 Å². The molecule has 3 atom stereocenters. The maximum Gasteiger partial charge on any atom is 0.248 e. The molecule has 3 amide bonds. The van der Waals surface area contributed by atoms with Crippen molar-refractivity contribution in [3.8, 4) is 11.1 Å². The molecule has 1 aromatic carbocycles. The number of aryl methyl sites for hydroxylation is 1. The Labute approximate surface area is 290 Å². The van der Waals surface area contributed by atoms with Crippen molar-refractivity contribution in [2.45, 2.75) is 64.8 Å². The van der Waals surface area contributed by atoms with Crippen molar-refractivity contribution in [3.05, 3.63) is 76.6 Å². The van der Waals surface area contributed by atoms with Gasteiger partial charge in [-0.2, -0.15) is 5.10 Å². The molecule has 7 rings (SSSR count). The Morgan fingerprint density at radius 3 is 2.69 bits per heavy atom. The normalized spacial score (nSPS) is 22.6. The number of ketones is 1. The maximum atomic E-state index is 14.3. The van der Waals surface area contributed by atoms with Crippen LogP contribution in [0.4, 0.5) is 5.82 Å². The van der Waals surface area contributed by atoms with Crippen molar-refractivity contribution in [2.75, 3.05) is 18.5 Å². The minimum Gasteiger partial charge on any atom is -0.373 e. The highest BCUT2D eigenvalue weighted by atomic mass is 79.9. The number of piperidine rings is 1. The predicted molar refractivity (Wildman–Crippen MR) is 183 cm³/mol. The van der Waals surface area contributed by atoms with Crippen LogP contribution in [0.3, 0.4) is 0 Å². The fourth-order valence-corrected chi connectivity index (χ4v) is 7.16. The van der Waals surface area contributed by atoms with E-state index >= 15 is 0 Å². The van der Waals surface area contributed by atoms with E-state index in [1.165, 1.54) is 11.6 Å². The summed E-state index contributed by atoms with van der Waals surface area (Å²) in [5, 5.41) is 11.2. The third kappa shape index (κ3) is 6.62. The molecule has 1 spiro atoms. The van der Waals surface area contributed by atoms with E-state index in [-0.39, 0.29) is 48.4 Å². The summed E-state index contributed by atoms with van der Waals surface area (Å²) in [6.45, 7) is 3.99. The number of carbonyl (C=O) groups excluding carboxylic acids is 4. The molecule has 2 N–H and O–H groups in total. The number of anilines is 1. The van der Waals surface area contributed by atoms with Crippen LogP contribution in [-0.2, 0) is 32.3 Å². The maximum absolute atomic E-state index is 14.3. The molecule has 2 bridgehead atoms. The average molecular weight is 728 g/mol. The number of hydrogen-bond acceptors (Lipinski definition) is 9. The number of benzene rings is 1. The largest absolute Gasteiger partial charge is 0.373 e. The van der Waals surface area contributed by atoms with Gasteiger partial charge in [0.1, 0.15) is 34.5 Å². The van der Waals surface area contributed by atoms with E-state index in [9.17, 15) is 19.2 Å². The molecule has 2 unspecified atom stereocenters. The van der Waals surface area contributed by atoms with E-state index in [0.29, 0.717) is 71.5 Å². The van der Waals surface area contributed by atoms with Gasteiger partial charge in [0, 0.05) is 60.3 Å². The number of allylic oxidation sites excluding steroid dienone is 1. The molecular formula is C35H35BrN8O5. The van der Waals surface area contributed by atoms with Gasteiger partial charge in [-0.3, -0.25) is 23.9 Å². The van der Waals surface area contributed by atoms with Crippen molar-refractivity contribution < 1.29 is 23.9 Å². The molecule has 14 heteroatoms. The second-order valence-corrected chi connectivity index (χ2v) is 13.7. The quantitative estimate of drug-likeness (QED) is 0.179. The first kappa shape index (κ1) is 32.7. The summed E-state index contributed by atoms with van der Waals surface area (Å²) in [5.74, 6) is -0.00387. The Morgan fingerprint density at radius 2 is 1.90 bits per heavy atom. The molecule has 2 fully saturated rings. The van der Waals surface area contributed by atoms with Gasteiger partial charge in [0.2, 0.25) is 17.7 Å². The number of halogens is 1. The molecule has 1 aliphatic carbocycles. The lowest BCUT2D eigenvalue weighted by Crippen LogP contribution is -2.47. The van der Waals surface area contributed by atoms with Gasteiger partial charge in [0.05, 0.1) is 18.7 Å². The summed E-state index contributed by atoms with van der Waals surface area (Å²) < 4.78 is 7.86. The summed E-state index contributed by atoms with van der Waals surface area (Å²) >= 11 is 3.40. The Morgan fingerprint density at radius 1 is 1.08 bits per heavy atom. The van der Waals surface area contributed by atoms with Crippen LogP contribution in [0.15, 0.2) is 59.5 Å². The molecule has 4 aromatic rings. The minimum atomic E-state index is -0.808. The van der Waals surface area contributed by atoms with E-state index in [0.717, 1.165) is 11.1 Å². The highest BCUT2D eigenvalue weighted by Gasteiger charge is 2.67. The highest BCUT2D eigenvalue weighted by molar-refractivity contribution is 9.10. The first-order chi connectivity index (χ1) is 23.6. The standard InChI is InChI=1S/C35H35BrN8O5/c1-20(45)32-25-12-22(24-15-37-21(2)38-16-24)7-9-26(25)43(42-32)17-31(47)44-27-13-35(14-28(35)44)19-39-30(46)6-4-3-5-11-49-18-23-8-10-29(36)40-33(23)41-34(27)48/h3,5,7-10,12,15-16,27-28H,4,6,11,13-14,17-19H2,1-2H3,(H,39,46)(H,40,41,48)/t27-,28?,35?/m0/s1. The lowest BCUT2D eigenvalue weighted by atomic mass is 9.98. The van der Waals surface area contributed by atoms with Gasteiger partial charge < -0.3 is 20.3 Å². The Balaban J connectivity index is 1.19. The third-order valence-electron chi connectivity index (χ3n) is 9.49. The van der Waals surface area contributed by atoms with Gasteiger partial charge in [0.25, 0.3) is 0 Å². The molecule has 1 saturated carbocycles. The lowest BCUT2D eigenvalue weighted by Gasteiger charge is -2.27. The molecule has 13 nitrogen and oxygen atoms in total. The van der Waals surface area contributed by atoms with Crippen LogP contribution in [0.2, 0.25) is 0 Å². The topological polar surface area (TPSA) is 161 Å². The Hall–Kier alpha value is -4.82. The molecule has 3 aliphatic rings. The number of pyridine rings is 1. The fraction of sp³-hybridized carbons (Fsp3) is 0.371. The van der Waals surface area contributed by atoms with Crippen LogP contribution in [-0.4, -0.2) is 78.4 Å². The molecular weight excluding hydrogens is 692 g/mol. The fourth-order valence-electron chi connectivity index (χ4n) is 6.85. The summed E-state index contributed by atoms with van der Waals surface area (Å²) in [6.07, 6.45) is 9.18. The number of nitrogens with one attached hydrogen (secondary N) is 2. The van der Waals surface area contributed by atoms with E-state index in [4.69, 9.17) is 4.74 Å². The molecule has 5 heterocycles. The Bertz CT molecular complexity index is 2010. The van der Waals surface area contributed by atoms with Gasteiger partial charge in [0.15, 0.2) is 5.78 Å². The van der Waals surface area contributed by atoms with Crippen molar-refractivity contribution >= 4 is 56.2 Å². The van der Waals surface area contributed by atoms with Crippen molar-refractivity contribution in [2.24, 2.45) is 5.41 Å².